The van der Waals surface area contributed by atoms with E-state index in [0.717, 1.165) is 10.6 Å². The summed E-state index contributed by atoms with van der Waals surface area (Å²) in [6.07, 6.45) is 1.64. The van der Waals surface area contributed by atoms with Crippen molar-refractivity contribution in [3.8, 4) is 10.6 Å². The summed E-state index contributed by atoms with van der Waals surface area (Å²) >= 11 is 1.28. The number of anilines is 3. The average molecular weight is 358 g/mol. The number of hydrogen-bond donors (Lipinski definition) is 3. The Balaban J connectivity index is 1.76. The number of rotatable bonds is 4. The van der Waals surface area contributed by atoms with Gasteiger partial charge in [0.2, 0.25) is 5.95 Å². The molecule has 128 valence electrons. The van der Waals surface area contributed by atoms with Gasteiger partial charge in [0.05, 0.1) is 22.0 Å². The van der Waals surface area contributed by atoms with Gasteiger partial charge in [0.15, 0.2) is 5.13 Å². The number of amides is 2. The lowest BCUT2D eigenvalue weighted by Crippen LogP contribution is -2.19. The van der Waals surface area contributed by atoms with Crippen LogP contribution < -0.4 is 16.0 Å². The summed E-state index contributed by atoms with van der Waals surface area (Å²) in [5.74, 6) is -0.00801. The molecule has 25 heavy (non-hydrogen) atoms. The highest BCUT2D eigenvalue weighted by Gasteiger charge is 2.14. The van der Waals surface area contributed by atoms with E-state index in [4.69, 9.17) is 0 Å². The monoisotopic (exact) mass is 358 g/mol. The molecule has 0 unspecified atom stereocenters. The number of carbonyl (C=O) groups is 1. The molecule has 7 nitrogen and oxygen atoms in total. The molecule has 2 amide bonds. The van der Waals surface area contributed by atoms with Crippen LogP contribution in [0.1, 0.15) is 5.69 Å². The zero-order valence-corrected chi connectivity index (χ0v) is 14.3. The highest BCUT2D eigenvalue weighted by Crippen LogP contribution is 2.31. The van der Waals surface area contributed by atoms with Gasteiger partial charge in [-0.3, -0.25) is 5.32 Å². The Morgan fingerprint density at radius 3 is 2.72 bits per heavy atom. The Morgan fingerprint density at radius 1 is 1.16 bits per heavy atom. The third-order valence-corrected chi connectivity index (χ3v) is 4.35. The van der Waals surface area contributed by atoms with Crippen LogP contribution >= 0.6 is 11.3 Å². The van der Waals surface area contributed by atoms with Gasteiger partial charge in [-0.2, -0.15) is 0 Å². The molecule has 0 aliphatic carbocycles. The van der Waals surface area contributed by atoms with Gasteiger partial charge in [-0.05, 0) is 25.1 Å². The fraction of sp³-hybridized carbons (Fsp3) is 0.125. The van der Waals surface area contributed by atoms with Crippen LogP contribution in [0.4, 0.5) is 26.0 Å². The topological polar surface area (TPSA) is 91.8 Å². The minimum absolute atomic E-state index is 0.1000. The first kappa shape index (κ1) is 16.8. The van der Waals surface area contributed by atoms with Crippen molar-refractivity contribution in [3.63, 3.8) is 0 Å². The van der Waals surface area contributed by atoms with Gasteiger partial charge in [-0.15, -0.1) is 0 Å². The molecule has 3 N–H and O–H groups in total. The summed E-state index contributed by atoms with van der Waals surface area (Å²) in [7, 11) is 1.73. The fourth-order valence-electron chi connectivity index (χ4n) is 2.11. The molecule has 0 saturated heterocycles. The quantitative estimate of drug-likeness (QED) is 0.661. The fourth-order valence-corrected chi connectivity index (χ4v) is 3.04. The molecular formula is C16H15FN6OS. The third-order valence-electron chi connectivity index (χ3n) is 3.25. The first-order valence-electron chi connectivity index (χ1n) is 7.38. The Morgan fingerprint density at radius 2 is 1.96 bits per heavy atom. The van der Waals surface area contributed by atoms with E-state index in [1.807, 2.05) is 6.92 Å². The molecule has 2 heterocycles. The van der Waals surface area contributed by atoms with E-state index in [2.05, 4.69) is 30.9 Å². The van der Waals surface area contributed by atoms with Gasteiger partial charge < -0.3 is 10.6 Å². The Labute approximate surface area is 147 Å². The van der Waals surface area contributed by atoms with Gasteiger partial charge in [0.1, 0.15) is 5.82 Å². The number of benzene rings is 1. The van der Waals surface area contributed by atoms with Crippen LogP contribution in [0.5, 0.6) is 0 Å². The number of hydrogen-bond acceptors (Lipinski definition) is 6. The smallest absolute Gasteiger partial charge is 0.325 e. The average Bonchev–Trinajstić information content (AvgIpc) is 2.97. The molecular weight excluding hydrogens is 343 g/mol. The van der Waals surface area contributed by atoms with Gasteiger partial charge in [-0.1, -0.05) is 23.5 Å². The van der Waals surface area contributed by atoms with Crippen LogP contribution in [-0.4, -0.2) is 28.0 Å². The van der Waals surface area contributed by atoms with Crippen LogP contribution in [0.3, 0.4) is 0 Å². The van der Waals surface area contributed by atoms with Crippen molar-refractivity contribution in [2.45, 2.75) is 6.92 Å². The highest BCUT2D eigenvalue weighted by molar-refractivity contribution is 7.19. The van der Waals surface area contributed by atoms with Crippen molar-refractivity contribution in [2.24, 2.45) is 0 Å². The zero-order valence-electron chi connectivity index (χ0n) is 13.5. The number of para-hydroxylation sites is 1. The van der Waals surface area contributed by atoms with E-state index in [1.165, 1.54) is 23.5 Å². The van der Waals surface area contributed by atoms with Gasteiger partial charge >= 0.3 is 6.03 Å². The molecule has 0 fully saturated rings. The molecule has 9 heteroatoms. The Kier molecular flexibility index (Phi) is 4.85. The molecule has 3 rings (SSSR count). The number of thiazole rings is 1. The second-order valence-electron chi connectivity index (χ2n) is 5.01. The van der Waals surface area contributed by atoms with E-state index in [9.17, 15) is 9.18 Å². The zero-order chi connectivity index (χ0) is 17.8. The lowest BCUT2D eigenvalue weighted by atomic mass is 10.3. The summed E-state index contributed by atoms with van der Waals surface area (Å²) < 4.78 is 13.6. The molecule has 0 saturated carbocycles. The predicted molar refractivity (Wildman–Crippen MR) is 96.5 cm³/mol. The summed E-state index contributed by atoms with van der Waals surface area (Å²) in [5.41, 5.74) is 1.53. The second kappa shape index (κ2) is 7.22. The molecule has 1 aromatic carbocycles. The third kappa shape index (κ3) is 3.89. The molecule has 0 atom stereocenters. The summed E-state index contributed by atoms with van der Waals surface area (Å²) in [4.78, 5) is 25.6. The van der Waals surface area contributed by atoms with E-state index in [-0.39, 0.29) is 5.69 Å². The molecule has 2 aromatic heterocycles. The minimum atomic E-state index is -0.566. The second-order valence-corrected chi connectivity index (χ2v) is 6.01. The Bertz CT molecular complexity index is 913. The lowest BCUT2D eigenvalue weighted by molar-refractivity contribution is 0.262. The summed E-state index contributed by atoms with van der Waals surface area (Å²) in [5, 5.41) is 8.33. The van der Waals surface area contributed by atoms with E-state index < -0.39 is 11.8 Å². The SMILES string of the molecule is CNc1nccc(-c2sc(NC(=O)Nc3ccccc3F)nc2C)n1. The number of aryl methyl sites for hydroxylation is 1. The van der Waals surface area contributed by atoms with E-state index in [0.29, 0.717) is 16.8 Å². The number of halogens is 1. The van der Waals surface area contributed by atoms with Crippen LogP contribution in [-0.2, 0) is 0 Å². The largest absolute Gasteiger partial charge is 0.357 e. The summed E-state index contributed by atoms with van der Waals surface area (Å²) in [6.45, 7) is 1.83. The maximum absolute atomic E-state index is 13.6. The van der Waals surface area contributed by atoms with Crippen molar-refractivity contribution in [3.05, 3.63) is 48.0 Å². The molecule has 0 spiro atoms. The predicted octanol–water partition coefficient (Wildman–Crippen LogP) is 3.73. The molecule has 0 aliphatic heterocycles. The van der Waals surface area contributed by atoms with Crippen molar-refractivity contribution in [1.29, 1.82) is 0 Å². The molecule has 0 bridgehead atoms. The number of aromatic nitrogens is 3. The first-order chi connectivity index (χ1) is 12.1. The minimum Gasteiger partial charge on any atom is -0.357 e. The molecule has 0 aliphatic rings. The number of nitrogens with zero attached hydrogens (tertiary/aromatic N) is 3. The van der Waals surface area contributed by atoms with Crippen molar-refractivity contribution >= 4 is 34.1 Å². The maximum atomic E-state index is 13.6. The van der Waals surface area contributed by atoms with Gasteiger partial charge in [0, 0.05) is 13.2 Å². The van der Waals surface area contributed by atoms with Crippen LogP contribution in [0.15, 0.2) is 36.5 Å². The normalized spacial score (nSPS) is 10.4. The van der Waals surface area contributed by atoms with E-state index >= 15 is 0 Å². The van der Waals surface area contributed by atoms with Gasteiger partial charge in [-0.25, -0.2) is 24.1 Å². The lowest BCUT2D eigenvalue weighted by Gasteiger charge is -2.05. The molecule has 0 radical (unpaired) electrons. The van der Waals surface area contributed by atoms with E-state index in [1.54, 1.807) is 31.4 Å². The first-order valence-corrected chi connectivity index (χ1v) is 8.19. The Hall–Kier alpha value is -3.07. The van der Waals surface area contributed by atoms with Gasteiger partial charge in [0.25, 0.3) is 0 Å². The number of nitrogens with one attached hydrogen (secondary N) is 3. The summed E-state index contributed by atoms with van der Waals surface area (Å²) in [6, 6.07) is 7.15. The van der Waals surface area contributed by atoms with Crippen LogP contribution in [0.2, 0.25) is 0 Å². The van der Waals surface area contributed by atoms with Crippen LogP contribution in [0, 0.1) is 12.7 Å². The molecule has 3 aromatic rings. The van der Waals surface area contributed by atoms with Crippen LogP contribution in [0.25, 0.3) is 10.6 Å². The highest BCUT2D eigenvalue weighted by atomic mass is 32.1. The van der Waals surface area contributed by atoms with Crippen molar-refractivity contribution in [2.75, 3.05) is 23.0 Å². The maximum Gasteiger partial charge on any atom is 0.325 e. The number of carbonyl (C=O) groups excluding carboxylic acids is 1. The standard InChI is InChI=1S/C16H15FN6OS/c1-9-13(12-7-8-19-14(18-2)21-12)25-16(20-9)23-15(24)22-11-6-4-3-5-10(11)17/h3-8H,1-2H3,(H,18,19,21)(H2,20,22,23,24). The number of urea groups is 1. The van der Waals surface area contributed by atoms with Crippen molar-refractivity contribution in [1.82, 2.24) is 15.0 Å². The van der Waals surface area contributed by atoms with Crippen molar-refractivity contribution < 1.29 is 9.18 Å².